The van der Waals surface area contributed by atoms with Crippen LogP contribution in [0.25, 0.3) is 11.4 Å². The molecule has 0 spiro atoms. The largest absolute Gasteiger partial charge is 0.338 e. The van der Waals surface area contributed by atoms with Crippen LogP contribution < -0.4 is 5.32 Å². The lowest BCUT2D eigenvalue weighted by molar-refractivity contribution is -0.113. The van der Waals surface area contributed by atoms with Crippen LogP contribution in [0.5, 0.6) is 0 Å². The highest BCUT2D eigenvalue weighted by atomic mass is 35.5. The molecule has 1 aromatic heterocycles. The summed E-state index contributed by atoms with van der Waals surface area (Å²) in [5.74, 6) is 1.65. The number of anilines is 1. The van der Waals surface area contributed by atoms with Crippen molar-refractivity contribution in [1.29, 1.82) is 0 Å². The van der Waals surface area contributed by atoms with Crippen LogP contribution in [-0.2, 0) is 10.5 Å². The van der Waals surface area contributed by atoms with Crippen molar-refractivity contribution in [2.45, 2.75) is 12.7 Å². The summed E-state index contributed by atoms with van der Waals surface area (Å²) in [5, 5.41) is 7.28. The van der Waals surface area contributed by atoms with E-state index in [2.05, 4.69) is 15.5 Å². The average molecular weight is 374 g/mol. The molecule has 0 aliphatic heterocycles. The van der Waals surface area contributed by atoms with Gasteiger partial charge in [0.25, 0.3) is 0 Å². The number of hydrogen-bond acceptors (Lipinski definition) is 5. The summed E-state index contributed by atoms with van der Waals surface area (Å²) in [4.78, 5) is 16.3. The highest BCUT2D eigenvalue weighted by Crippen LogP contribution is 2.23. The van der Waals surface area contributed by atoms with E-state index in [-0.39, 0.29) is 11.7 Å². The van der Waals surface area contributed by atoms with Crippen LogP contribution in [0.4, 0.5) is 5.69 Å². The number of aromatic nitrogens is 2. The molecule has 0 saturated heterocycles. The van der Waals surface area contributed by atoms with Gasteiger partial charge in [0.05, 0.1) is 22.2 Å². The van der Waals surface area contributed by atoms with Crippen molar-refractivity contribution in [3.05, 3.63) is 65.0 Å². The minimum absolute atomic E-state index is 0.126. The van der Waals surface area contributed by atoms with Gasteiger partial charge in [-0.3, -0.25) is 4.79 Å². The van der Waals surface area contributed by atoms with Gasteiger partial charge in [0.2, 0.25) is 17.6 Å². The molecule has 3 rings (SSSR count). The SMILES string of the molecule is Cc1ccc(NC(=O)CSCc2nc(-c3ccccc3)no2)c(Cl)c1. The molecule has 25 heavy (non-hydrogen) atoms. The fraction of sp³-hybridized carbons (Fsp3) is 0.167. The van der Waals surface area contributed by atoms with Gasteiger partial charge in [0, 0.05) is 5.56 Å². The van der Waals surface area contributed by atoms with E-state index in [9.17, 15) is 4.79 Å². The second-order valence-electron chi connectivity index (χ2n) is 5.40. The number of rotatable bonds is 6. The van der Waals surface area contributed by atoms with E-state index in [1.807, 2.05) is 49.4 Å². The van der Waals surface area contributed by atoms with Crippen molar-refractivity contribution in [3.63, 3.8) is 0 Å². The normalized spacial score (nSPS) is 10.6. The molecule has 0 atom stereocenters. The van der Waals surface area contributed by atoms with Crippen molar-refractivity contribution < 1.29 is 9.32 Å². The molecule has 5 nitrogen and oxygen atoms in total. The number of hydrogen-bond donors (Lipinski definition) is 1. The Kier molecular flexibility index (Phi) is 5.73. The lowest BCUT2D eigenvalue weighted by Gasteiger charge is -2.07. The molecular weight excluding hydrogens is 358 g/mol. The predicted octanol–water partition coefficient (Wildman–Crippen LogP) is 4.57. The third kappa shape index (κ3) is 4.84. The number of nitrogens with zero attached hydrogens (tertiary/aromatic N) is 2. The number of benzene rings is 2. The standard InChI is InChI=1S/C18H16ClN3O2S/c1-12-7-8-15(14(19)9-12)20-16(23)10-25-11-17-21-18(22-24-17)13-5-3-2-4-6-13/h2-9H,10-11H2,1H3,(H,20,23). The minimum Gasteiger partial charge on any atom is -0.338 e. The molecule has 1 amide bonds. The number of carbonyl (C=O) groups is 1. The molecule has 2 aromatic carbocycles. The number of carbonyl (C=O) groups excluding carboxylic acids is 1. The molecule has 128 valence electrons. The fourth-order valence-corrected chi connectivity index (χ4v) is 3.09. The first-order chi connectivity index (χ1) is 12.1. The van der Waals surface area contributed by atoms with Gasteiger partial charge in [0.1, 0.15) is 0 Å². The van der Waals surface area contributed by atoms with Gasteiger partial charge in [-0.15, -0.1) is 11.8 Å². The summed E-state index contributed by atoms with van der Waals surface area (Å²) >= 11 is 7.51. The second kappa shape index (κ2) is 8.18. The summed E-state index contributed by atoms with van der Waals surface area (Å²) in [5.41, 5.74) is 2.55. The molecule has 0 radical (unpaired) electrons. The molecule has 0 saturated carbocycles. The highest BCUT2D eigenvalue weighted by Gasteiger charge is 2.10. The Morgan fingerprint density at radius 2 is 2.04 bits per heavy atom. The van der Waals surface area contributed by atoms with E-state index in [0.29, 0.717) is 28.2 Å². The van der Waals surface area contributed by atoms with Gasteiger partial charge in [-0.05, 0) is 24.6 Å². The monoisotopic (exact) mass is 373 g/mol. The van der Waals surface area contributed by atoms with Crippen LogP contribution >= 0.6 is 23.4 Å². The predicted molar refractivity (Wildman–Crippen MR) is 101 cm³/mol. The van der Waals surface area contributed by atoms with Gasteiger partial charge >= 0.3 is 0 Å². The average Bonchev–Trinajstić information content (AvgIpc) is 3.07. The summed E-state index contributed by atoms with van der Waals surface area (Å²) in [6.07, 6.45) is 0. The second-order valence-corrected chi connectivity index (χ2v) is 6.79. The topological polar surface area (TPSA) is 68.0 Å². The van der Waals surface area contributed by atoms with E-state index in [4.69, 9.17) is 16.1 Å². The van der Waals surface area contributed by atoms with Crippen molar-refractivity contribution >= 4 is 35.0 Å². The summed E-state index contributed by atoms with van der Waals surface area (Å²) in [6.45, 7) is 1.95. The van der Waals surface area contributed by atoms with Crippen molar-refractivity contribution in [1.82, 2.24) is 10.1 Å². The van der Waals surface area contributed by atoms with Crippen molar-refractivity contribution in [3.8, 4) is 11.4 Å². The maximum atomic E-state index is 12.0. The van der Waals surface area contributed by atoms with Crippen LogP contribution in [0.15, 0.2) is 53.1 Å². The Labute approximate surface area is 154 Å². The van der Waals surface area contributed by atoms with Crippen molar-refractivity contribution in [2.75, 3.05) is 11.1 Å². The molecule has 7 heteroatoms. The third-order valence-corrected chi connectivity index (χ3v) is 4.59. The van der Waals surface area contributed by atoms with Gasteiger partial charge in [-0.1, -0.05) is 53.2 Å². The maximum absolute atomic E-state index is 12.0. The van der Waals surface area contributed by atoms with Gasteiger partial charge < -0.3 is 9.84 Å². The molecule has 0 fully saturated rings. The minimum atomic E-state index is -0.126. The summed E-state index contributed by atoms with van der Waals surface area (Å²) in [7, 11) is 0. The number of amides is 1. The molecule has 3 aromatic rings. The maximum Gasteiger partial charge on any atom is 0.236 e. The van der Waals surface area contributed by atoms with E-state index in [1.165, 1.54) is 11.8 Å². The summed E-state index contributed by atoms with van der Waals surface area (Å²) < 4.78 is 5.22. The van der Waals surface area contributed by atoms with E-state index >= 15 is 0 Å². The lowest BCUT2D eigenvalue weighted by atomic mass is 10.2. The lowest BCUT2D eigenvalue weighted by Crippen LogP contribution is -2.14. The Hall–Kier alpha value is -2.31. The molecular formula is C18H16ClN3O2S. The van der Waals surface area contributed by atoms with Crippen molar-refractivity contribution in [2.24, 2.45) is 0 Å². The number of thioether (sulfide) groups is 1. The first-order valence-corrected chi connectivity index (χ1v) is 9.17. The zero-order chi connectivity index (χ0) is 17.6. The van der Waals surface area contributed by atoms with Gasteiger partial charge in [0.15, 0.2) is 0 Å². The van der Waals surface area contributed by atoms with Gasteiger partial charge in [-0.25, -0.2) is 0 Å². The number of aryl methyl sites for hydroxylation is 1. The quantitative estimate of drug-likeness (QED) is 0.685. The molecule has 0 bridgehead atoms. The zero-order valence-electron chi connectivity index (χ0n) is 13.5. The smallest absolute Gasteiger partial charge is 0.236 e. The fourth-order valence-electron chi connectivity index (χ4n) is 2.16. The van der Waals surface area contributed by atoms with E-state index in [0.717, 1.165) is 11.1 Å². The van der Waals surface area contributed by atoms with Crippen LogP contribution in [-0.4, -0.2) is 21.8 Å². The number of nitrogens with one attached hydrogen (secondary N) is 1. The molecule has 1 N–H and O–H groups in total. The number of halogens is 1. The molecule has 0 aliphatic carbocycles. The zero-order valence-corrected chi connectivity index (χ0v) is 15.1. The summed E-state index contributed by atoms with van der Waals surface area (Å²) in [6, 6.07) is 15.1. The molecule has 1 heterocycles. The van der Waals surface area contributed by atoms with E-state index < -0.39 is 0 Å². The van der Waals surface area contributed by atoms with Crippen LogP contribution in [0.3, 0.4) is 0 Å². The van der Waals surface area contributed by atoms with Crippen LogP contribution in [0, 0.1) is 6.92 Å². The van der Waals surface area contributed by atoms with E-state index in [1.54, 1.807) is 6.07 Å². The molecule has 0 unspecified atom stereocenters. The first-order valence-electron chi connectivity index (χ1n) is 7.63. The Bertz CT molecular complexity index is 868. The highest BCUT2D eigenvalue weighted by molar-refractivity contribution is 7.99. The van der Waals surface area contributed by atoms with Gasteiger partial charge in [-0.2, -0.15) is 4.98 Å². The van der Waals surface area contributed by atoms with Crippen LogP contribution in [0.1, 0.15) is 11.5 Å². The first kappa shape index (κ1) is 17.5. The van der Waals surface area contributed by atoms with Crippen LogP contribution in [0.2, 0.25) is 5.02 Å². The molecule has 0 aliphatic rings. The Morgan fingerprint density at radius 3 is 2.80 bits per heavy atom. The Balaban J connectivity index is 1.49. The third-order valence-electron chi connectivity index (χ3n) is 3.36. The Morgan fingerprint density at radius 1 is 1.24 bits per heavy atom.